The van der Waals surface area contributed by atoms with Gasteiger partial charge in [0.15, 0.2) is 0 Å². The molecule has 0 saturated carbocycles. The van der Waals surface area contributed by atoms with E-state index in [4.69, 9.17) is 4.74 Å². The van der Waals surface area contributed by atoms with E-state index in [-0.39, 0.29) is 17.2 Å². The molecule has 0 N–H and O–H groups in total. The van der Waals surface area contributed by atoms with Gasteiger partial charge >= 0.3 is 0 Å². The van der Waals surface area contributed by atoms with Crippen LogP contribution in [0, 0.1) is 5.41 Å². The van der Waals surface area contributed by atoms with Gasteiger partial charge in [0, 0.05) is 58.1 Å². The summed E-state index contributed by atoms with van der Waals surface area (Å²) in [4.78, 5) is 33.4. The Hall–Kier alpha value is -1.89. The molecular formula is C21H32N4O3. The molecule has 3 fully saturated rings. The summed E-state index contributed by atoms with van der Waals surface area (Å²) >= 11 is 0. The van der Waals surface area contributed by atoms with Crippen LogP contribution in [0.3, 0.4) is 0 Å². The molecule has 7 nitrogen and oxygen atoms in total. The highest BCUT2D eigenvalue weighted by Crippen LogP contribution is 2.41. The number of rotatable bonds is 5. The van der Waals surface area contributed by atoms with Crippen LogP contribution < -0.4 is 0 Å². The Balaban J connectivity index is 1.30. The zero-order valence-corrected chi connectivity index (χ0v) is 16.9. The van der Waals surface area contributed by atoms with Crippen molar-refractivity contribution in [3.05, 3.63) is 18.7 Å². The number of nitrogens with zero attached hydrogens (tertiary/aromatic N) is 4. The second-order valence-electron chi connectivity index (χ2n) is 8.94. The topological polar surface area (TPSA) is 67.7 Å². The van der Waals surface area contributed by atoms with E-state index in [1.54, 1.807) is 6.20 Å². The average Bonchev–Trinajstić information content (AvgIpc) is 3.37. The SMILES string of the molecule is C[C@]1(C(=O)N2CCC3(CCC(=O)N(CCCn4ccnc4)C3)CC2)CCCO1. The molecule has 4 heterocycles. The first-order valence-electron chi connectivity index (χ1n) is 10.7. The molecule has 1 atom stereocenters. The molecule has 7 heteroatoms. The Labute approximate surface area is 167 Å². The molecule has 0 aromatic carbocycles. The largest absolute Gasteiger partial charge is 0.365 e. The zero-order valence-electron chi connectivity index (χ0n) is 16.9. The summed E-state index contributed by atoms with van der Waals surface area (Å²) in [6.07, 6.45) is 11.9. The smallest absolute Gasteiger partial charge is 0.254 e. The number of carbonyl (C=O) groups is 2. The van der Waals surface area contributed by atoms with Crippen molar-refractivity contribution in [3.8, 4) is 0 Å². The quantitative estimate of drug-likeness (QED) is 0.774. The van der Waals surface area contributed by atoms with Crippen LogP contribution >= 0.6 is 0 Å². The number of ether oxygens (including phenoxy) is 1. The van der Waals surface area contributed by atoms with Crippen LogP contribution in [0.4, 0.5) is 0 Å². The third kappa shape index (κ3) is 3.95. The van der Waals surface area contributed by atoms with Crippen molar-refractivity contribution < 1.29 is 14.3 Å². The van der Waals surface area contributed by atoms with Gasteiger partial charge in [-0.1, -0.05) is 0 Å². The third-order valence-corrected chi connectivity index (χ3v) is 6.93. The summed E-state index contributed by atoms with van der Waals surface area (Å²) in [7, 11) is 0. The number of imidazole rings is 1. The summed E-state index contributed by atoms with van der Waals surface area (Å²) in [6.45, 7) is 6.73. The summed E-state index contributed by atoms with van der Waals surface area (Å²) in [5, 5.41) is 0. The van der Waals surface area contributed by atoms with Crippen molar-refractivity contribution >= 4 is 11.8 Å². The average molecular weight is 389 g/mol. The lowest BCUT2D eigenvalue weighted by Gasteiger charge is -2.48. The van der Waals surface area contributed by atoms with Crippen molar-refractivity contribution in [1.29, 1.82) is 0 Å². The van der Waals surface area contributed by atoms with Crippen LogP contribution in [0.5, 0.6) is 0 Å². The molecule has 0 radical (unpaired) electrons. The minimum atomic E-state index is -0.619. The third-order valence-electron chi connectivity index (χ3n) is 6.93. The van der Waals surface area contributed by atoms with E-state index in [1.165, 1.54) is 0 Å². The monoisotopic (exact) mass is 388 g/mol. The van der Waals surface area contributed by atoms with Crippen LogP contribution in [0.2, 0.25) is 0 Å². The minimum absolute atomic E-state index is 0.156. The molecule has 1 aromatic heterocycles. The van der Waals surface area contributed by atoms with E-state index < -0.39 is 5.60 Å². The first-order chi connectivity index (χ1) is 13.5. The molecule has 0 unspecified atom stereocenters. The molecule has 1 spiro atoms. The Morgan fingerprint density at radius 2 is 2.04 bits per heavy atom. The maximum absolute atomic E-state index is 12.9. The number of aryl methyl sites for hydroxylation is 1. The van der Waals surface area contributed by atoms with Crippen LogP contribution in [-0.4, -0.2) is 69.6 Å². The van der Waals surface area contributed by atoms with Gasteiger partial charge in [0.25, 0.3) is 5.91 Å². The number of aromatic nitrogens is 2. The molecule has 3 aliphatic rings. The Morgan fingerprint density at radius 1 is 1.21 bits per heavy atom. The van der Waals surface area contributed by atoms with Crippen molar-refractivity contribution in [2.75, 3.05) is 32.8 Å². The number of hydrogen-bond acceptors (Lipinski definition) is 4. The maximum Gasteiger partial charge on any atom is 0.254 e. The lowest BCUT2D eigenvalue weighted by Crippen LogP contribution is -2.55. The molecule has 2 amide bonds. The first kappa shape index (κ1) is 19.4. The lowest BCUT2D eigenvalue weighted by molar-refractivity contribution is -0.155. The zero-order chi connectivity index (χ0) is 19.6. The molecule has 0 aliphatic carbocycles. The summed E-state index contributed by atoms with van der Waals surface area (Å²) in [5.41, 5.74) is -0.441. The molecular weight excluding hydrogens is 356 g/mol. The van der Waals surface area contributed by atoms with Crippen LogP contribution in [0.15, 0.2) is 18.7 Å². The van der Waals surface area contributed by atoms with E-state index in [0.29, 0.717) is 13.0 Å². The second-order valence-corrected chi connectivity index (χ2v) is 8.94. The maximum atomic E-state index is 12.9. The number of hydrogen-bond donors (Lipinski definition) is 0. The van der Waals surface area contributed by atoms with Gasteiger partial charge in [-0.25, -0.2) is 4.98 Å². The van der Waals surface area contributed by atoms with E-state index in [9.17, 15) is 9.59 Å². The normalized spacial score (nSPS) is 27.5. The van der Waals surface area contributed by atoms with E-state index in [2.05, 4.69) is 14.5 Å². The van der Waals surface area contributed by atoms with E-state index in [0.717, 1.165) is 71.2 Å². The van der Waals surface area contributed by atoms with Gasteiger partial charge in [-0.2, -0.15) is 0 Å². The summed E-state index contributed by atoms with van der Waals surface area (Å²) < 4.78 is 7.80. The standard InChI is InChI=1S/C21H32N4O3/c1-20(5-2-15-28-20)19(27)24-12-7-21(8-13-24)6-4-18(26)25(16-21)11-3-10-23-14-9-22-17-23/h9,14,17H,2-8,10-13,15-16H2,1H3/t20-/m1/s1. The lowest BCUT2D eigenvalue weighted by atomic mass is 9.72. The van der Waals surface area contributed by atoms with Crippen molar-refractivity contribution in [2.45, 2.75) is 64.0 Å². The first-order valence-corrected chi connectivity index (χ1v) is 10.7. The molecule has 3 saturated heterocycles. The number of carbonyl (C=O) groups excluding carboxylic acids is 2. The van der Waals surface area contributed by atoms with Crippen molar-refractivity contribution in [1.82, 2.24) is 19.4 Å². The Kier molecular flexibility index (Phi) is 5.45. The van der Waals surface area contributed by atoms with Crippen molar-refractivity contribution in [3.63, 3.8) is 0 Å². The molecule has 28 heavy (non-hydrogen) atoms. The predicted molar refractivity (Wildman–Crippen MR) is 104 cm³/mol. The van der Waals surface area contributed by atoms with Gasteiger partial charge in [-0.3, -0.25) is 9.59 Å². The summed E-state index contributed by atoms with van der Waals surface area (Å²) in [5.74, 6) is 0.436. The van der Waals surface area contributed by atoms with Crippen molar-refractivity contribution in [2.24, 2.45) is 5.41 Å². The van der Waals surface area contributed by atoms with Crippen LogP contribution in [0.1, 0.15) is 51.9 Å². The minimum Gasteiger partial charge on any atom is -0.365 e. The molecule has 0 bridgehead atoms. The fourth-order valence-electron chi connectivity index (χ4n) is 5.04. The number of likely N-dealkylation sites (tertiary alicyclic amines) is 2. The highest BCUT2D eigenvalue weighted by Gasteiger charge is 2.45. The van der Waals surface area contributed by atoms with Crippen LogP contribution in [0.25, 0.3) is 0 Å². The molecule has 1 aromatic rings. The molecule has 3 aliphatic heterocycles. The second kappa shape index (κ2) is 7.85. The van der Waals surface area contributed by atoms with Gasteiger partial charge in [-0.05, 0) is 50.9 Å². The van der Waals surface area contributed by atoms with Gasteiger partial charge in [0.1, 0.15) is 5.60 Å². The van der Waals surface area contributed by atoms with Crippen LogP contribution in [-0.2, 0) is 20.9 Å². The predicted octanol–water partition coefficient (Wildman–Crippen LogP) is 2.07. The van der Waals surface area contributed by atoms with Gasteiger partial charge in [0.2, 0.25) is 5.91 Å². The van der Waals surface area contributed by atoms with Gasteiger partial charge in [0.05, 0.1) is 6.33 Å². The molecule has 154 valence electrons. The summed E-state index contributed by atoms with van der Waals surface area (Å²) in [6, 6.07) is 0. The van der Waals surface area contributed by atoms with E-state index in [1.807, 2.05) is 24.3 Å². The number of piperidine rings is 2. The van der Waals surface area contributed by atoms with Gasteiger partial charge < -0.3 is 19.1 Å². The highest BCUT2D eigenvalue weighted by atomic mass is 16.5. The van der Waals surface area contributed by atoms with E-state index >= 15 is 0 Å². The Morgan fingerprint density at radius 3 is 2.71 bits per heavy atom. The van der Waals surface area contributed by atoms with Gasteiger partial charge in [-0.15, -0.1) is 0 Å². The fourth-order valence-corrected chi connectivity index (χ4v) is 5.04. The molecule has 4 rings (SSSR count). The Bertz CT molecular complexity index is 689. The fraction of sp³-hybridized carbons (Fsp3) is 0.762. The highest BCUT2D eigenvalue weighted by molar-refractivity contribution is 5.85. The number of amides is 2.